The molecule has 1 N–H and O–H groups in total. The first-order chi connectivity index (χ1) is 9.72. The van der Waals surface area contributed by atoms with Gasteiger partial charge in [-0.25, -0.2) is 0 Å². The normalized spacial score (nSPS) is 10.7. The number of aromatic nitrogens is 3. The molecule has 0 aliphatic heterocycles. The van der Waals surface area contributed by atoms with Gasteiger partial charge in [0.25, 0.3) is 5.56 Å². The lowest BCUT2D eigenvalue weighted by Gasteiger charge is -2.08. The van der Waals surface area contributed by atoms with Crippen LogP contribution in [0.25, 0.3) is 0 Å². The van der Waals surface area contributed by atoms with Crippen LogP contribution in [0.5, 0.6) is 0 Å². The Bertz CT molecular complexity index is 600. The molecule has 0 fully saturated rings. The first kappa shape index (κ1) is 14.4. The number of rotatable bonds is 7. The van der Waals surface area contributed by atoms with Gasteiger partial charge in [0.05, 0.1) is 11.9 Å². The molecule has 2 aromatic heterocycles. The van der Waals surface area contributed by atoms with Crippen molar-refractivity contribution in [2.24, 2.45) is 0 Å². The third-order valence-corrected chi connectivity index (χ3v) is 3.08. The minimum atomic E-state index is 0.0492. The van der Waals surface area contributed by atoms with E-state index in [1.165, 1.54) is 0 Å². The highest BCUT2D eigenvalue weighted by atomic mass is 16.1. The van der Waals surface area contributed by atoms with Crippen LogP contribution in [-0.4, -0.2) is 14.3 Å². The zero-order chi connectivity index (χ0) is 14.4. The summed E-state index contributed by atoms with van der Waals surface area (Å²) in [5.74, 6) is 0. The van der Waals surface area contributed by atoms with Crippen LogP contribution in [0.1, 0.15) is 32.3 Å². The SMILES string of the molecule is CCCn1cc(CNc2ccc(=O)n(CCC)c2)cn1. The molecule has 0 saturated carbocycles. The molecule has 0 saturated heterocycles. The minimum Gasteiger partial charge on any atom is -0.380 e. The number of pyridine rings is 1. The molecule has 0 aliphatic carbocycles. The second-order valence-corrected chi connectivity index (χ2v) is 4.91. The van der Waals surface area contributed by atoms with Gasteiger partial charge in [0.2, 0.25) is 0 Å². The van der Waals surface area contributed by atoms with Gasteiger partial charge in [-0.1, -0.05) is 13.8 Å². The van der Waals surface area contributed by atoms with E-state index in [-0.39, 0.29) is 5.56 Å². The smallest absolute Gasteiger partial charge is 0.250 e. The molecule has 0 atom stereocenters. The monoisotopic (exact) mass is 274 g/mol. The Morgan fingerprint density at radius 1 is 1.15 bits per heavy atom. The second-order valence-electron chi connectivity index (χ2n) is 4.91. The molecular formula is C15H22N4O. The van der Waals surface area contributed by atoms with E-state index in [2.05, 4.69) is 30.5 Å². The van der Waals surface area contributed by atoms with Crippen LogP contribution in [0.3, 0.4) is 0 Å². The molecule has 20 heavy (non-hydrogen) atoms. The molecule has 0 spiro atoms. The maximum absolute atomic E-state index is 11.6. The van der Waals surface area contributed by atoms with Crippen LogP contribution in [0, 0.1) is 0 Å². The van der Waals surface area contributed by atoms with Crippen molar-refractivity contribution in [3.8, 4) is 0 Å². The molecule has 5 nitrogen and oxygen atoms in total. The molecule has 2 aromatic rings. The molecule has 5 heteroatoms. The van der Waals surface area contributed by atoms with Crippen molar-refractivity contribution >= 4 is 5.69 Å². The Kier molecular flexibility index (Phi) is 4.98. The van der Waals surface area contributed by atoms with Crippen LogP contribution < -0.4 is 10.9 Å². The average Bonchev–Trinajstić information content (AvgIpc) is 2.88. The quantitative estimate of drug-likeness (QED) is 0.844. The van der Waals surface area contributed by atoms with E-state index in [1.54, 1.807) is 10.6 Å². The topological polar surface area (TPSA) is 51.9 Å². The number of nitrogens with zero attached hydrogens (tertiary/aromatic N) is 3. The molecular weight excluding hydrogens is 252 g/mol. The summed E-state index contributed by atoms with van der Waals surface area (Å²) in [7, 11) is 0. The molecule has 108 valence electrons. The predicted octanol–water partition coefficient (Wildman–Crippen LogP) is 2.48. The number of nitrogens with one attached hydrogen (secondary N) is 1. The average molecular weight is 274 g/mol. The predicted molar refractivity (Wildman–Crippen MR) is 80.8 cm³/mol. The van der Waals surface area contributed by atoms with Gasteiger partial charge in [0.15, 0.2) is 0 Å². The van der Waals surface area contributed by atoms with Gasteiger partial charge >= 0.3 is 0 Å². The van der Waals surface area contributed by atoms with Gasteiger partial charge in [-0.2, -0.15) is 5.10 Å². The van der Waals surface area contributed by atoms with Crippen molar-refractivity contribution in [3.63, 3.8) is 0 Å². The van der Waals surface area contributed by atoms with E-state index in [9.17, 15) is 4.79 Å². The molecule has 0 bridgehead atoms. The lowest BCUT2D eigenvalue weighted by atomic mass is 10.3. The summed E-state index contributed by atoms with van der Waals surface area (Å²) < 4.78 is 3.69. The van der Waals surface area contributed by atoms with Crippen LogP contribution in [0.2, 0.25) is 0 Å². The van der Waals surface area contributed by atoms with E-state index in [4.69, 9.17) is 0 Å². The fourth-order valence-electron chi connectivity index (χ4n) is 2.10. The van der Waals surface area contributed by atoms with Crippen molar-refractivity contribution < 1.29 is 0 Å². The molecule has 0 radical (unpaired) electrons. The lowest BCUT2D eigenvalue weighted by Crippen LogP contribution is -2.18. The minimum absolute atomic E-state index is 0.0492. The highest BCUT2D eigenvalue weighted by Gasteiger charge is 2.00. The third kappa shape index (κ3) is 3.73. The van der Waals surface area contributed by atoms with E-state index >= 15 is 0 Å². The van der Waals surface area contributed by atoms with Crippen molar-refractivity contribution in [3.05, 3.63) is 46.6 Å². The molecule has 0 aliphatic rings. The summed E-state index contributed by atoms with van der Waals surface area (Å²) in [6.07, 6.45) is 7.84. The molecule has 0 amide bonds. The van der Waals surface area contributed by atoms with Gasteiger partial charge in [0, 0.05) is 43.7 Å². The van der Waals surface area contributed by atoms with Crippen LogP contribution >= 0.6 is 0 Å². The first-order valence-electron chi connectivity index (χ1n) is 7.18. The maximum atomic E-state index is 11.6. The standard InChI is InChI=1S/C15H22N4O/c1-3-7-18-12-14(5-6-15(18)20)16-9-13-10-17-19(11-13)8-4-2/h5-6,10-12,16H,3-4,7-9H2,1-2H3. The molecule has 0 unspecified atom stereocenters. The van der Waals surface area contributed by atoms with Gasteiger partial charge in [-0.15, -0.1) is 0 Å². The Morgan fingerprint density at radius 2 is 1.95 bits per heavy atom. The van der Waals surface area contributed by atoms with Gasteiger partial charge < -0.3 is 9.88 Å². The zero-order valence-electron chi connectivity index (χ0n) is 12.2. The zero-order valence-corrected chi connectivity index (χ0v) is 12.2. The second kappa shape index (κ2) is 6.93. The van der Waals surface area contributed by atoms with Crippen molar-refractivity contribution in [2.75, 3.05) is 5.32 Å². The van der Waals surface area contributed by atoms with E-state index in [0.29, 0.717) is 6.54 Å². The number of hydrogen-bond donors (Lipinski definition) is 1. The summed E-state index contributed by atoms with van der Waals surface area (Å²) in [6.45, 7) is 6.61. The fraction of sp³-hybridized carbons (Fsp3) is 0.467. The summed E-state index contributed by atoms with van der Waals surface area (Å²) in [5, 5.41) is 7.63. The first-order valence-corrected chi connectivity index (χ1v) is 7.18. The van der Waals surface area contributed by atoms with Crippen molar-refractivity contribution in [1.82, 2.24) is 14.3 Å². The Balaban J connectivity index is 1.99. The Hall–Kier alpha value is -2.04. The third-order valence-electron chi connectivity index (χ3n) is 3.08. The van der Waals surface area contributed by atoms with E-state index < -0.39 is 0 Å². The summed E-state index contributed by atoms with van der Waals surface area (Å²) in [6, 6.07) is 3.43. The molecule has 2 rings (SSSR count). The van der Waals surface area contributed by atoms with Gasteiger partial charge in [-0.05, 0) is 18.9 Å². The Labute approximate surface area is 119 Å². The largest absolute Gasteiger partial charge is 0.380 e. The fourth-order valence-corrected chi connectivity index (χ4v) is 2.10. The van der Waals surface area contributed by atoms with E-state index in [1.807, 2.05) is 23.1 Å². The highest BCUT2D eigenvalue weighted by molar-refractivity contribution is 5.40. The summed E-state index contributed by atoms with van der Waals surface area (Å²) in [5.41, 5.74) is 2.15. The van der Waals surface area contributed by atoms with E-state index in [0.717, 1.165) is 37.2 Å². The van der Waals surface area contributed by atoms with Crippen LogP contribution in [-0.2, 0) is 19.6 Å². The molecule has 2 heterocycles. The number of anilines is 1. The molecule has 0 aromatic carbocycles. The highest BCUT2D eigenvalue weighted by Crippen LogP contribution is 2.07. The van der Waals surface area contributed by atoms with Crippen LogP contribution in [0.4, 0.5) is 5.69 Å². The van der Waals surface area contributed by atoms with Gasteiger partial charge in [0.1, 0.15) is 0 Å². The summed E-state index contributed by atoms with van der Waals surface area (Å²) >= 11 is 0. The number of hydrogen-bond acceptors (Lipinski definition) is 3. The van der Waals surface area contributed by atoms with Crippen molar-refractivity contribution in [2.45, 2.75) is 46.3 Å². The maximum Gasteiger partial charge on any atom is 0.250 e. The lowest BCUT2D eigenvalue weighted by molar-refractivity contribution is 0.602. The number of aryl methyl sites for hydroxylation is 2. The Morgan fingerprint density at radius 3 is 2.70 bits per heavy atom. The summed E-state index contributed by atoms with van der Waals surface area (Å²) in [4.78, 5) is 11.6. The van der Waals surface area contributed by atoms with Crippen molar-refractivity contribution in [1.29, 1.82) is 0 Å². The van der Waals surface area contributed by atoms with Crippen LogP contribution in [0.15, 0.2) is 35.5 Å². The van der Waals surface area contributed by atoms with Gasteiger partial charge in [-0.3, -0.25) is 9.48 Å².